The first-order chi connectivity index (χ1) is 9.51. The summed E-state index contributed by atoms with van der Waals surface area (Å²) in [5.41, 5.74) is 0.973. The molecule has 1 atom stereocenters. The maximum atomic E-state index is 12.0. The van der Waals surface area contributed by atoms with Gasteiger partial charge in [0, 0.05) is 19.2 Å². The van der Waals surface area contributed by atoms with Gasteiger partial charge in [0.25, 0.3) is 0 Å². The molecular formula is C15H18N2O3. The zero-order valence-electron chi connectivity index (χ0n) is 11.7. The van der Waals surface area contributed by atoms with Crippen molar-refractivity contribution in [2.24, 2.45) is 0 Å². The van der Waals surface area contributed by atoms with Crippen LogP contribution in [0.5, 0.6) is 0 Å². The van der Waals surface area contributed by atoms with Crippen LogP contribution in [0, 0.1) is 11.3 Å². The molecule has 0 heterocycles. The van der Waals surface area contributed by atoms with E-state index in [0.29, 0.717) is 17.7 Å². The van der Waals surface area contributed by atoms with Gasteiger partial charge >= 0.3 is 5.97 Å². The number of nitrogens with zero attached hydrogens (tertiary/aromatic N) is 2. The fourth-order valence-electron chi connectivity index (χ4n) is 1.95. The Bertz CT molecular complexity index is 534. The number of carbonyl (C=O) groups excluding carboxylic acids is 1. The molecule has 106 valence electrons. The smallest absolute Gasteiger partial charge is 0.334 e. The van der Waals surface area contributed by atoms with Gasteiger partial charge < -0.3 is 10.0 Å². The van der Waals surface area contributed by atoms with Crippen molar-refractivity contribution in [1.82, 2.24) is 0 Å². The van der Waals surface area contributed by atoms with Crippen molar-refractivity contribution in [3.63, 3.8) is 0 Å². The molecule has 20 heavy (non-hydrogen) atoms. The van der Waals surface area contributed by atoms with Gasteiger partial charge in [-0.25, -0.2) is 4.79 Å². The molecule has 0 bridgehead atoms. The summed E-state index contributed by atoms with van der Waals surface area (Å²) in [7, 11) is 1.55. The SMILES string of the molecule is CCCCC(=O)C(C(=O)O)N(C)c1cccc(C#N)c1. The molecule has 0 aliphatic heterocycles. The summed E-state index contributed by atoms with van der Waals surface area (Å²) in [4.78, 5) is 24.8. The van der Waals surface area contributed by atoms with E-state index in [1.807, 2.05) is 13.0 Å². The Morgan fingerprint density at radius 1 is 1.45 bits per heavy atom. The van der Waals surface area contributed by atoms with Crippen LogP contribution in [-0.2, 0) is 9.59 Å². The molecule has 0 fully saturated rings. The molecule has 0 saturated carbocycles. The van der Waals surface area contributed by atoms with Crippen molar-refractivity contribution < 1.29 is 14.7 Å². The number of nitriles is 1. The Hall–Kier alpha value is -2.35. The van der Waals surface area contributed by atoms with E-state index in [2.05, 4.69) is 0 Å². The monoisotopic (exact) mass is 274 g/mol. The van der Waals surface area contributed by atoms with Gasteiger partial charge in [0.2, 0.25) is 0 Å². The van der Waals surface area contributed by atoms with Gasteiger partial charge in [0.05, 0.1) is 11.6 Å². The van der Waals surface area contributed by atoms with Gasteiger partial charge in [-0.1, -0.05) is 19.4 Å². The van der Waals surface area contributed by atoms with Crippen LogP contribution < -0.4 is 4.90 Å². The second-order valence-electron chi connectivity index (χ2n) is 4.58. The van der Waals surface area contributed by atoms with E-state index in [9.17, 15) is 14.7 Å². The van der Waals surface area contributed by atoms with Gasteiger partial charge in [-0.15, -0.1) is 0 Å². The molecule has 1 aromatic rings. The normalized spacial score (nSPS) is 11.4. The van der Waals surface area contributed by atoms with Gasteiger partial charge in [-0.05, 0) is 24.6 Å². The third-order valence-electron chi connectivity index (χ3n) is 3.09. The molecule has 1 aromatic carbocycles. The number of rotatable bonds is 7. The van der Waals surface area contributed by atoms with Gasteiger partial charge in [-0.3, -0.25) is 4.79 Å². The summed E-state index contributed by atoms with van der Waals surface area (Å²) >= 11 is 0. The fourth-order valence-corrected chi connectivity index (χ4v) is 1.95. The van der Waals surface area contributed by atoms with E-state index in [4.69, 9.17) is 5.26 Å². The van der Waals surface area contributed by atoms with E-state index in [1.165, 1.54) is 4.90 Å². The van der Waals surface area contributed by atoms with Crippen LogP contribution in [0.3, 0.4) is 0 Å². The van der Waals surface area contributed by atoms with Crippen molar-refractivity contribution in [2.75, 3.05) is 11.9 Å². The Balaban J connectivity index is 2.99. The molecule has 0 aliphatic carbocycles. The number of anilines is 1. The summed E-state index contributed by atoms with van der Waals surface area (Å²) in [5, 5.41) is 18.1. The number of hydrogen-bond acceptors (Lipinski definition) is 4. The van der Waals surface area contributed by atoms with Crippen molar-refractivity contribution in [3.05, 3.63) is 29.8 Å². The number of aliphatic carboxylic acids is 1. The summed E-state index contributed by atoms with van der Waals surface area (Å²) in [6.45, 7) is 1.95. The Kier molecular flexibility index (Phi) is 5.73. The molecule has 5 heteroatoms. The topological polar surface area (TPSA) is 81.4 Å². The van der Waals surface area contributed by atoms with E-state index >= 15 is 0 Å². The molecule has 1 unspecified atom stereocenters. The molecule has 1 N–H and O–H groups in total. The van der Waals surface area contributed by atoms with Crippen molar-refractivity contribution in [1.29, 1.82) is 5.26 Å². The third-order valence-corrected chi connectivity index (χ3v) is 3.09. The molecule has 0 amide bonds. The summed E-state index contributed by atoms with van der Waals surface area (Å²) in [6, 6.07) is 7.34. The molecule has 0 aromatic heterocycles. The van der Waals surface area contributed by atoms with Crippen LogP contribution in [-0.4, -0.2) is 29.9 Å². The van der Waals surface area contributed by atoms with E-state index in [0.717, 1.165) is 6.42 Å². The maximum Gasteiger partial charge on any atom is 0.334 e. The van der Waals surface area contributed by atoms with Gasteiger partial charge in [-0.2, -0.15) is 5.26 Å². The minimum Gasteiger partial charge on any atom is -0.479 e. The molecule has 0 aliphatic rings. The second kappa shape index (κ2) is 7.29. The molecule has 1 rings (SSSR count). The van der Waals surface area contributed by atoms with Crippen LogP contribution in [0.25, 0.3) is 0 Å². The number of likely N-dealkylation sites (N-methyl/N-ethyl adjacent to an activating group) is 1. The number of unbranched alkanes of at least 4 members (excludes halogenated alkanes) is 1. The lowest BCUT2D eigenvalue weighted by Crippen LogP contribution is -2.44. The zero-order valence-corrected chi connectivity index (χ0v) is 11.7. The Morgan fingerprint density at radius 2 is 2.15 bits per heavy atom. The number of benzene rings is 1. The van der Waals surface area contributed by atoms with E-state index < -0.39 is 12.0 Å². The van der Waals surface area contributed by atoms with Crippen LogP contribution in [0.1, 0.15) is 31.7 Å². The molecule has 0 spiro atoms. The largest absolute Gasteiger partial charge is 0.479 e. The summed E-state index contributed by atoms with van der Waals surface area (Å²) < 4.78 is 0. The van der Waals surface area contributed by atoms with E-state index in [1.54, 1.807) is 31.3 Å². The highest BCUT2D eigenvalue weighted by Gasteiger charge is 2.30. The lowest BCUT2D eigenvalue weighted by molar-refractivity contribution is -0.142. The van der Waals surface area contributed by atoms with Crippen LogP contribution in [0.15, 0.2) is 24.3 Å². The maximum absolute atomic E-state index is 12.0. The lowest BCUT2D eigenvalue weighted by atomic mass is 10.0. The highest BCUT2D eigenvalue weighted by Crippen LogP contribution is 2.18. The second-order valence-corrected chi connectivity index (χ2v) is 4.58. The third kappa shape index (κ3) is 3.82. The number of carboxylic acids is 1. The molecule has 0 radical (unpaired) electrons. The first kappa shape index (κ1) is 15.7. The molecular weight excluding hydrogens is 256 g/mol. The summed E-state index contributed by atoms with van der Waals surface area (Å²) in [5.74, 6) is -1.49. The lowest BCUT2D eigenvalue weighted by Gasteiger charge is -2.25. The van der Waals surface area contributed by atoms with Crippen LogP contribution in [0.4, 0.5) is 5.69 Å². The molecule has 0 saturated heterocycles. The minimum atomic E-state index is -1.21. The Morgan fingerprint density at radius 3 is 2.70 bits per heavy atom. The predicted molar refractivity (Wildman–Crippen MR) is 75.5 cm³/mol. The minimum absolute atomic E-state index is 0.246. The average molecular weight is 274 g/mol. The van der Waals surface area contributed by atoms with Crippen molar-refractivity contribution in [3.8, 4) is 6.07 Å². The van der Waals surface area contributed by atoms with Gasteiger partial charge in [0.15, 0.2) is 11.8 Å². The predicted octanol–water partition coefficient (Wildman–Crippen LogP) is 2.21. The number of ketones is 1. The fraction of sp³-hybridized carbons (Fsp3) is 0.400. The van der Waals surface area contributed by atoms with Crippen molar-refractivity contribution >= 4 is 17.4 Å². The number of Topliss-reactive ketones (excluding diaryl/α,β-unsaturated/α-hetero) is 1. The average Bonchev–Trinajstić information content (AvgIpc) is 2.44. The standard InChI is InChI=1S/C15H18N2O3/c1-3-4-8-13(18)14(15(19)20)17(2)12-7-5-6-11(9-12)10-16/h5-7,9,14H,3-4,8H2,1-2H3,(H,19,20). The highest BCUT2D eigenvalue weighted by atomic mass is 16.4. The first-order valence-corrected chi connectivity index (χ1v) is 6.49. The zero-order chi connectivity index (χ0) is 15.1. The van der Waals surface area contributed by atoms with E-state index in [-0.39, 0.29) is 12.2 Å². The van der Waals surface area contributed by atoms with Crippen LogP contribution >= 0.6 is 0 Å². The molecule has 5 nitrogen and oxygen atoms in total. The van der Waals surface area contributed by atoms with Crippen molar-refractivity contribution in [2.45, 2.75) is 32.2 Å². The number of hydrogen-bond donors (Lipinski definition) is 1. The number of carbonyl (C=O) groups is 2. The Labute approximate surface area is 118 Å². The van der Waals surface area contributed by atoms with Gasteiger partial charge in [0.1, 0.15) is 0 Å². The summed E-state index contributed by atoms with van der Waals surface area (Å²) in [6.07, 6.45) is 1.76. The highest BCUT2D eigenvalue weighted by molar-refractivity contribution is 6.05. The van der Waals surface area contributed by atoms with Crippen LogP contribution in [0.2, 0.25) is 0 Å². The quantitative estimate of drug-likeness (QED) is 0.771. The number of carboxylic acid groups (broad SMARTS) is 1. The first-order valence-electron chi connectivity index (χ1n) is 6.49.